The van der Waals surface area contributed by atoms with Crippen LogP contribution in [-0.2, 0) is 9.59 Å². The maximum Gasteiger partial charge on any atom is 0.251 e. The van der Waals surface area contributed by atoms with Gasteiger partial charge >= 0.3 is 0 Å². The van der Waals surface area contributed by atoms with Crippen molar-refractivity contribution >= 4 is 34.9 Å². The number of aryl methyl sites for hydroxylation is 1. The van der Waals surface area contributed by atoms with Crippen molar-refractivity contribution in [1.82, 2.24) is 9.78 Å². The molecular formula is C23H23ClN4O2. The SMILES string of the molecule is Cc1nn2c(c1-c1ccc(Cl)cc1)NC(=O)C2CC(=O)Nc1ccc(C(C)C)cc1. The number of hydrogen-bond donors (Lipinski definition) is 2. The lowest BCUT2D eigenvalue weighted by atomic mass is 10.0. The second kappa shape index (κ2) is 7.95. The van der Waals surface area contributed by atoms with Crippen molar-refractivity contribution in [2.75, 3.05) is 10.6 Å². The van der Waals surface area contributed by atoms with E-state index in [9.17, 15) is 9.59 Å². The van der Waals surface area contributed by atoms with Gasteiger partial charge in [-0.15, -0.1) is 0 Å². The molecule has 1 atom stereocenters. The molecule has 6 nitrogen and oxygen atoms in total. The van der Waals surface area contributed by atoms with Crippen LogP contribution in [0.15, 0.2) is 48.5 Å². The van der Waals surface area contributed by atoms with E-state index in [0.29, 0.717) is 22.4 Å². The summed E-state index contributed by atoms with van der Waals surface area (Å²) >= 11 is 5.99. The minimum absolute atomic E-state index is 0.00590. The first-order valence-electron chi connectivity index (χ1n) is 9.89. The first-order chi connectivity index (χ1) is 14.3. The van der Waals surface area contributed by atoms with Crippen LogP contribution in [0.1, 0.15) is 43.5 Å². The Bertz CT molecular complexity index is 1100. The van der Waals surface area contributed by atoms with Crippen LogP contribution in [0.2, 0.25) is 5.02 Å². The van der Waals surface area contributed by atoms with Crippen molar-refractivity contribution in [1.29, 1.82) is 0 Å². The van der Waals surface area contributed by atoms with E-state index >= 15 is 0 Å². The van der Waals surface area contributed by atoms with E-state index < -0.39 is 6.04 Å². The zero-order valence-corrected chi connectivity index (χ0v) is 17.8. The third-order valence-corrected chi connectivity index (χ3v) is 5.55. The second-order valence-electron chi connectivity index (χ2n) is 7.79. The molecule has 2 N–H and O–H groups in total. The topological polar surface area (TPSA) is 76.0 Å². The lowest BCUT2D eigenvalue weighted by Crippen LogP contribution is -2.23. The van der Waals surface area contributed by atoms with Gasteiger partial charge in [-0.2, -0.15) is 5.10 Å². The van der Waals surface area contributed by atoms with E-state index in [-0.39, 0.29) is 18.2 Å². The number of aromatic nitrogens is 2. The molecule has 0 saturated carbocycles. The van der Waals surface area contributed by atoms with Crippen LogP contribution < -0.4 is 10.6 Å². The van der Waals surface area contributed by atoms with Gasteiger partial charge in [0.2, 0.25) is 5.91 Å². The molecule has 1 aromatic heterocycles. The summed E-state index contributed by atoms with van der Waals surface area (Å²) in [7, 11) is 0. The number of carbonyl (C=O) groups excluding carboxylic acids is 2. The third kappa shape index (κ3) is 3.83. The number of benzene rings is 2. The zero-order valence-electron chi connectivity index (χ0n) is 17.1. The predicted octanol–water partition coefficient (Wildman–Crippen LogP) is 5.16. The number of anilines is 2. The van der Waals surface area contributed by atoms with E-state index in [1.165, 1.54) is 5.56 Å². The number of halogens is 1. The van der Waals surface area contributed by atoms with Crippen LogP contribution >= 0.6 is 11.6 Å². The quantitative estimate of drug-likeness (QED) is 0.596. The molecule has 2 amide bonds. The molecule has 7 heteroatoms. The Morgan fingerprint density at radius 1 is 1.17 bits per heavy atom. The molecule has 1 aliphatic heterocycles. The third-order valence-electron chi connectivity index (χ3n) is 5.30. The Kier molecular flexibility index (Phi) is 5.35. The minimum Gasteiger partial charge on any atom is -0.326 e. The fraction of sp³-hybridized carbons (Fsp3) is 0.261. The van der Waals surface area contributed by atoms with Crippen molar-refractivity contribution in [2.45, 2.75) is 39.2 Å². The average Bonchev–Trinajstić information content (AvgIpc) is 3.17. The summed E-state index contributed by atoms with van der Waals surface area (Å²) < 4.78 is 1.61. The van der Waals surface area contributed by atoms with Crippen LogP contribution in [0, 0.1) is 6.92 Å². The van der Waals surface area contributed by atoms with Gasteiger partial charge in [-0.3, -0.25) is 9.59 Å². The highest BCUT2D eigenvalue weighted by Crippen LogP contribution is 2.38. The lowest BCUT2D eigenvalue weighted by Gasteiger charge is -2.11. The molecule has 0 saturated heterocycles. The maximum absolute atomic E-state index is 12.6. The fourth-order valence-corrected chi connectivity index (χ4v) is 3.81. The fourth-order valence-electron chi connectivity index (χ4n) is 3.68. The van der Waals surface area contributed by atoms with Crippen LogP contribution in [0.3, 0.4) is 0 Å². The molecule has 2 heterocycles. The largest absolute Gasteiger partial charge is 0.326 e. The smallest absolute Gasteiger partial charge is 0.251 e. The molecular weight excluding hydrogens is 400 g/mol. The van der Waals surface area contributed by atoms with Crippen LogP contribution in [0.4, 0.5) is 11.5 Å². The molecule has 2 aromatic carbocycles. The standard InChI is InChI=1S/C23H23ClN4O2/c1-13(2)15-6-10-18(11-7-15)25-20(29)12-19-23(30)26-22-21(14(3)27-28(19)22)16-4-8-17(24)9-5-16/h4-11,13,19H,12H2,1-3H3,(H,25,29)(H,26,30). The summed E-state index contributed by atoms with van der Waals surface area (Å²) in [5.74, 6) is 0.562. The van der Waals surface area contributed by atoms with Gasteiger partial charge in [0, 0.05) is 16.3 Å². The van der Waals surface area contributed by atoms with Gasteiger partial charge in [-0.1, -0.05) is 49.7 Å². The van der Waals surface area contributed by atoms with E-state index in [1.807, 2.05) is 43.3 Å². The van der Waals surface area contributed by atoms with E-state index in [0.717, 1.165) is 16.8 Å². The predicted molar refractivity (Wildman–Crippen MR) is 119 cm³/mol. The molecule has 30 heavy (non-hydrogen) atoms. The van der Waals surface area contributed by atoms with Crippen molar-refractivity contribution in [3.63, 3.8) is 0 Å². The van der Waals surface area contributed by atoms with Gasteiger partial charge in [-0.25, -0.2) is 4.68 Å². The molecule has 4 rings (SSSR count). The Morgan fingerprint density at radius 2 is 1.83 bits per heavy atom. The average molecular weight is 423 g/mol. The highest BCUT2D eigenvalue weighted by molar-refractivity contribution is 6.30. The Labute approximate surface area is 180 Å². The summed E-state index contributed by atoms with van der Waals surface area (Å²) in [6.07, 6.45) is 0.00590. The first kappa shape index (κ1) is 20.2. The summed E-state index contributed by atoms with van der Waals surface area (Å²) in [4.78, 5) is 25.2. The summed E-state index contributed by atoms with van der Waals surface area (Å²) in [5.41, 5.74) is 4.44. The minimum atomic E-state index is -0.685. The normalized spacial score (nSPS) is 15.2. The van der Waals surface area contributed by atoms with Crippen LogP contribution in [-0.4, -0.2) is 21.6 Å². The van der Waals surface area contributed by atoms with Crippen LogP contribution in [0.5, 0.6) is 0 Å². The number of fused-ring (bicyclic) bond motifs is 1. The molecule has 1 aliphatic rings. The first-order valence-corrected chi connectivity index (χ1v) is 10.3. The monoisotopic (exact) mass is 422 g/mol. The maximum atomic E-state index is 12.6. The van der Waals surface area contributed by atoms with Crippen molar-refractivity contribution in [3.8, 4) is 11.1 Å². The molecule has 0 radical (unpaired) electrons. The van der Waals surface area contributed by atoms with Gasteiger partial charge in [0.1, 0.15) is 11.9 Å². The van der Waals surface area contributed by atoms with Crippen LogP contribution in [0.25, 0.3) is 11.1 Å². The number of carbonyl (C=O) groups is 2. The van der Waals surface area contributed by atoms with Gasteiger partial charge < -0.3 is 10.6 Å². The van der Waals surface area contributed by atoms with Gasteiger partial charge in [0.25, 0.3) is 5.91 Å². The molecule has 3 aromatic rings. The number of hydrogen-bond acceptors (Lipinski definition) is 3. The lowest BCUT2D eigenvalue weighted by molar-refractivity contribution is -0.123. The highest BCUT2D eigenvalue weighted by Gasteiger charge is 2.36. The molecule has 0 fully saturated rings. The summed E-state index contributed by atoms with van der Waals surface area (Å²) in [6.45, 7) is 6.12. The van der Waals surface area contributed by atoms with E-state index in [2.05, 4.69) is 29.6 Å². The number of nitrogens with one attached hydrogen (secondary N) is 2. The van der Waals surface area contributed by atoms with Crippen molar-refractivity contribution < 1.29 is 9.59 Å². The summed E-state index contributed by atoms with van der Waals surface area (Å²) in [5, 5.41) is 10.9. The van der Waals surface area contributed by atoms with Gasteiger partial charge in [0.15, 0.2) is 0 Å². The molecule has 0 bridgehead atoms. The van der Waals surface area contributed by atoms with Gasteiger partial charge in [0.05, 0.1) is 12.1 Å². The number of amides is 2. The Morgan fingerprint density at radius 3 is 2.47 bits per heavy atom. The van der Waals surface area contributed by atoms with Gasteiger partial charge in [-0.05, 0) is 48.2 Å². The van der Waals surface area contributed by atoms with Crippen molar-refractivity contribution in [2.24, 2.45) is 0 Å². The van der Waals surface area contributed by atoms with Crippen molar-refractivity contribution in [3.05, 3.63) is 64.8 Å². The number of rotatable bonds is 5. The number of nitrogens with zero attached hydrogens (tertiary/aromatic N) is 2. The highest BCUT2D eigenvalue weighted by atomic mass is 35.5. The molecule has 154 valence electrons. The summed E-state index contributed by atoms with van der Waals surface area (Å²) in [6, 6.07) is 14.4. The molecule has 0 aliphatic carbocycles. The zero-order chi connectivity index (χ0) is 21.4. The van der Waals surface area contributed by atoms with E-state index in [1.54, 1.807) is 16.8 Å². The van der Waals surface area contributed by atoms with E-state index in [4.69, 9.17) is 11.6 Å². The molecule has 0 spiro atoms. The Hall–Kier alpha value is -3.12. The second-order valence-corrected chi connectivity index (χ2v) is 8.23. The molecule has 1 unspecified atom stereocenters. The Balaban J connectivity index is 1.53.